The number of carbonyl (C=O) groups excluding carboxylic acids is 1. The Kier molecular flexibility index (Phi) is 7.57. The Labute approximate surface area is 218 Å². The van der Waals surface area contributed by atoms with E-state index in [0.29, 0.717) is 16.6 Å². The molecule has 2 aromatic carbocycles. The van der Waals surface area contributed by atoms with Crippen LogP contribution >= 0.6 is 23.2 Å². The molecule has 4 rings (SSSR count). The van der Waals surface area contributed by atoms with Gasteiger partial charge in [0.1, 0.15) is 0 Å². The molecule has 1 aliphatic carbocycles. The molecule has 1 amide bonds. The lowest BCUT2D eigenvalue weighted by Gasteiger charge is -2.41. The topological polar surface area (TPSA) is 87.4 Å². The van der Waals surface area contributed by atoms with Crippen LogP contribution in [-0.4, -0.2) is 36.2 Å². The molecular weight excluding hydrogens is 481 g/mol. The Morgan fingerprint density at radius 1 is 1.14 bits per heavy atom. The third-order valence-corrected chi connectivity index (χ3v) is 8.33. The maximum Gasteiger partial charge on any atom is 0.237 e. The molecule has 0 bridgehead atoms. The first-order valence-corrected chi connectivity index (χ1v) is 13.2. The zero-order chi connectivity index (χ0) is 25.4. The van der Waals surface area contributed by atoms with E-state index in [-0.39, 0.29) is 35.3 Å². The van der Waals surface area contributed by atoms with Crippen molar-refractivity contribution >= 4 is 29.1 Å². The van der Waals surface area contributed by atoms with Crippen LogP contribution in [0.2, 0.25) is 10.0 Å². The number of benzene rings is 2. The summed E-state index contributed by atoms with van der Waals surface area (Å²) in [6, 6.07) is 14.5. The van der Waals surface area contributed by atoms with E-state index >= 15 is 0 Å². The van der Waals surface area contributed by atoms with Crippen LogP contribution < -0.4 is 16.4 Å². The van der Waals surface area contributed by atoms with E-state index in [1.807, 2.05) is 48.5 Å². The van der Waals surface area contributed by atoms with Gasteiger partial charge < -0.3 is 21.5 Å². The lowest BCUT2D eigenvalue weighted by atomic mass is 9.68. The summed E-state index contributed by atoms with van der Waals surface area (Å²) in [7, 11) is 0. The lowest BCUT2D eigenvalue weighted by molar-refractivity contribution is -0.124. The molecule has 35 heavy (non-hydrogen) atoms. The lowest BCUT2D eigenvalue weighted by Crippen LogP contribution is -2.52. The minimum atomic E-state index is -0.879. The minimum Gasteiger partial charge on any atom is -0.396 e. The summed E-state index contributed by atoms with van der Waals surface area (Å²) in [5.41, 5.74) is 8.15. The second kappa shape index (κ2) is 10.0. The van der Waals surface area contributed by atoms with Crippen molar-refractivity contribution in [1.82, 2.24) is 10.6 Å². The fraction of sp³-hybridized carbons (Fsp3) is 0.536. The van der Waals surface area contributed by atoms with E-state index in [2.05, 4.69) is 31.4 Å². The fourth-order valence-corrected chi connectivity index (χ4v) is 6.08. The smallest absolute Gasteiger partial charge is 0.237 e. The third-order valence-electron chi connectivity index (χ3n) is 7.84. The highest BCUT2D eigenvalue weighted by Crippen LogP contribution is 2.48. The number of carbonyl (C=O) groups is 1. The number of hydrogen-bond donors (Lipinski definition) is 4. The second-order valence-corrected chi connectivity index (χ2v) is 12.5. The van der Waals surface area contributed by atoms with Gasteiger partial charge in [0.2, 0.25) is 5.91 Å². The van der Waals surface area contributed by atoms with Gasteiger partial charge in [0.15, 0.2) is 0 Å². The quantitative estimate of drug-likeness (QED) is 0.416. The average Bonchev–Trinajstić information content (AvgIpc) is 3.05. The average molecular weight is 519 g/mol. The molecule has 0 spiro atoms. The first kappa shape index (κ1) is 26.4. The summed E-state index contributed by atoms with van der Waals surface area (Å²) in [5, 5.41) is 17.9. The van der Waals surface area contributed by atoms with Crippen LogP contribution in [0.5, 0.6) is 0 Å². The maximum absolute atomic E-state index is 13.7. The van der Waals surface area contributed by atoms with E-state index < -0.39 is 11.6 Å². The first-order valence-electron chi connectivity index (χ1n) is 12.4. The van der Waals surface area contributed by atoms with Gasteiger partial charge in [-0.15, -0.1) is 0 Å². The van der Waals surface area contributed by atoms with E-state index in [9.17, 15) is 9.90 Å². The van der Waals surface area contributed by atoms with Gasteiger partial charge in [-0.2, -0.15) is 0 Å². The molecule has 4 atom stereocenters. The molecule has 1 saturated carbocycles. The summed E-state index contributed by atoms with van der Waals surface area (Å²) in [5.74, 6) is -0.462. The Morgan fingerprint density at radius 2 is 1.83 bits per heavy atom. The molecule has 2 aromatic rings. The molecule has 5 nitrogen and oxygen atoms in total. The van der Waals surface area contributed by atoms with Gasteiger partial charge in [-0.05, 0) is 60.1 Å². The van der Waals surface area contributed by atoms with Crippen LogP contribution in [0.1, 0.15) is 63.5 Å². The van der Waals surface area contributed by atoms with Crippen LogP contribution in [0.15, 0.2) is 48.5 Å². The molecule has 190 valence electrons. The highest BCUT2D eigenvalue weighted by Gasteiger charge is 2.57. The molecule has 1 heterocycles. The largest absolute Gasteiger partial charge is 0.396 e. The second-order valence-electron chi connectivity index (χ2n) is 11.7. The molecule has 1 saturated heterocycles. The predicted molar refractivity (Wildman–Crippen MR) is 143 cm³/mol. The SMILES string of the molecule is CC(C)(C)CC1NC(C(=O)NCC2(CO)CCC2)C(c2cccc(Cl)c2)C1(N)c1ccc(Cl)cc1. The summed E-state index contributed by atoms with van der Waals surface area (Å²) < 4.78 is 0. The van der Waals surface area contributed by atoms with Crippen LogP contribution in [0, 0.1) is 10.8 Å². The standard InChI is InChI=1S/C28H37Cl2N3O2/c1-26(2,3)15-22-28(31,19-8-10-20(29)11-9-19)23(18-6-4-7-21(30)14-18)24(33-22)25(35)32-16-27(17-34)12-5-13-27/h4,6-11,14,22-24,33-34H,5,12-13,15-17,31H2,1-3H3,(H,32,35). The van der Waals surface area contributed by atoms with Crippen molar-refractivity contribution in [2.45, 2.75) is 70.0 Å². The number of rotatable bonds is 7. The van der Waals surface area contributed by atoms with E-state index in [0.717, 1.165) is 36.8 Å². The summed E-state index contributed by atoms with van der Waals surface area (Å²) in [6.45, 7) is 7.09. The van der Waals surface area contributed by atoms with Crippen LogP contribution in [0.3, 0.4) is 0 Å². The molecule has 0 radical (unpaired) electrons. The number of nitrogens with one attached hydrogen (secondary N) is 2. The summed E-state index contributed by atoms with van der Waals surface area (Å²) in [6.07, 6.45) is 3.71. The number of halogens is 2. The van der Waals surface area contributed by atoms with Crippen molar-refractivity contribution < 1.29 is 9.90 Å². The normalized spacial score (nSPS) is 27.9. The summed E-state index contributed by atoms with van der Waals surface area (Å²) >= 11 is 12.6. The molecule has 5 N–H and O–H groups in total. The minimum absolute atomic E-state index is 0.0220. The van der Waals surface area contributed by atoms with Gasteiger partial charge in [-0.25, -0.2) is 0 Å². The molecular formula is C28H37Cl2N3O2. The molecule has 7 heteroatoms. The number of hydrogen-bond acceptors (Lipinski definition) is 4. The zero-order valence-corrected chi connectivity index (χ0v) is 22.3. The van der Waals surface area contributed by atoms with E-state index in [1.54, 1.807) is 0 Å². The van der Waals surface area contributed by atoms with Gasteiger partial charge in [0, 0.05) is 34.0 Å². The molecule has 4 unspecified atom stereocenters. The van der Waals surface area contributed by atoms with E-state index in [4.69, 9.17) is 28.9 Å². The highest BCUT2D eigenvalue weighted by atomic mass is 35.5. The molecule has 2 fully saturated rings. The Hall–Kier alpha value is -1.63. The number of aliphatic hydroxyl groups excluding tert-OH is 1. The van der Waals surface area contributed by atoms with Crippen molar-refractivity contribution in [2.75, 3.05) is 13.2 Å². The fourth-order valence-electron chi connectivity index (χ4n) is 5.75. The molecule has 2 aliphatic rings. The van der Waals surface area contributed by atoms with Crippen molar-refractivity contribution in [3.63, 3.8) is 0 Å². The van der Waals surface area contributed by atoms with Crippen LogP contribution in [0.4, 0.5) is 0 Å². The van der Waals surface area contributed by atoms with Crippen molar-refractivity contribution in [3.8, 4) is 0 Å². The number of aliphatic hydroxyl groups is 1. The monoisotopic (exact) mass is 517 g/mol. The van der Waals surface area contributed by atoms with Crippen LogP contribution in [-0.2, 0) is 10.3 Å². The molecule has 1 aliphatic heterocycles. The number of nitrogens with two attached hydrogens (primary N) is 1. The first-order chi connectivity index (χ1) is 16.5. The zero-order valence-electron chi connectivity index (χ0n) is 20.8. The highest BCUT2D eigenvalue weighted by molar-refractivity contribution is 6.30. The predicted octanol–water partition coefficient (Wildman–Crippen LogP) is 4.99. The Balaban J connectivity index is 1.77. The van der Waals surface area contributed by atoms with Crippen LogP contribution in [0.25, 0.3) is 0 Å². The van der Waals surface area contributed by atoms with Gasteiger partial charge in [-0.1, -0.05) is 74.7 Å². The third kappa shape index (κ3) is 5.40. The van der Waals surface area contributed by atoms with Gasteiger partial charge >= 0.3 is 0 Å². The Bertz CT molecular complexity index is 1040. The number of amides is 1. The van der Waals surface area contributed by atoms with Gasteiger partial charge in [-0.3, -0.25) is 4.79 Å². The van der Waals surface area contributed by atoms with Gasteiger partial charge in [0.25, 0.3) is 0 Å². The van der Waals surface area contributed by atoms with Crippen molar-refractivity contribution in [3.05, 3.63) is 69.7 Å². The van der Waals surface area contributed by atoms with Crippen molar-refractivity contribution in [1.29, 1.82) is 0 Å². The summed E-state index contributed by atoms with van der Waals surface area (Å²) in [4.78, 5) is 13.7. The molecule has 0 aromatic heterocycles. The van der Waals surface area contributed by atoms with Crippen molar-refractivity contribution in [2.24, 2.45) is 16.6 Å². The van der Waals surface area contributed by atoms with Gasteiger partial charge in [0.05, 0.1) is 18.2 Å². The maximum atomic E-state index is 13.7. The van der Waals surface area contributed by atoms with E-state index in [1.165, 1.54) is 0 Å². The Morgan fingerprint density at radius 3 is 2.37 bits per heavy atom.